The van der Waals surface area contributed by atoms with Crippen LogP contribution in [-0.2, 0) is 21.0 Å². The van der Waals surface area contributed by atoms with Crippen LogP contribution in [0.3, 0.4) is 0 Å². The van der Waals surface area contributed by atoms with Gasteiger partial charge in [-0.25, -0.2) is 8.42 Å². The Bertz CT molecular complexity index is 1360. The van der Waals surface area contributed by atoms with Crippen molar-refractivity contribution in [3.05, 3.63) is 77.5 Å². The molecule has 2 aliphatic rings. The summed E-state index contributed by atoms with van der Waals surface area (Å²) in [6, 6.07) is 18.0. The van der Waals surface area contributed by atoms with Crippen molar-refractivity contribution >= 4 is 15.7 Å². The lowest BCUT2D eigenvalue weighted by Crippen LogP contribution is -2.50. The Kier molecular flexibility index (Phi) is 5.15. The zero-order chi connectivity index (χ0) is 24.3. The molecule has 1 spiro atoms. The summed E-state index contributed by atoms with van der Waals surface area (Å²) in [7, 11) is -3.45. The molecule has 1 N–H and O–H groups in total. The average Bonchev–Trinajstić information content (AvgIpc) is 3.26. The molecule has 0 aliphatic carbocycles. The number of para-hydroxylation sites is 2. The van der Waals surface area contributed by atoms with Crippen LogP contribution in [-0.4, -0.2) is 48.2 Å². The van der Waals surface area contributed by atoms with Crippen LogP contribution < -0.4 is 4.74 Å². The highest BCUT2D eigenvalue weighted by atomic mass is 32.2. The molecule has 1 aromatic heterocycles. The van der Waals surface area contributed by atoms with Gasteiger partial charge in [0.05, 0.1) is 17.0 Å². The van der Waals surface area contributed by atoms with E-state index in [9.17, 15) is 18.3 Å². The Morgan fingerprint density at radius 3 is 2.26 bits per heavy atom. The van der Waals surface area contributed by atoms with Gasteiger partial charge in [0.1, 0.15) is 10.8 Å². The SMILES string of the molecule is CC(C)(O)c1ccc(C(=O)N2CCC3(CC2)Oc2ccccc2-n2c3ccc2S(C)(=O)=O)cc1. The molecule has 34 heavy (non-hydrogen) atoms. The number of nitrogens with zero attached hydrogens (tertiary/aromatic N) is 2. The van der Waals surface area contributed by atoms with Gasteiger partial charge in [-0.1, -0.05) is 24.3 Å². The van der Waals surface area contributed by atoms with E-state index in [0.29, 0.717) is 42.9 Å². The summed E-state index contributed by atoms with van der Waals surface area (Å²) < 4.78 is 33.3. The van der Waals surface area contributed by atoms with Crippen LogP contribution in [0.1, 0.15) is 48.3 Å². The summed E-state index contributed by atoms with van der Waals surface area (Å²) in [6.45, 7) is 4.38. The lowest BCUT2D eigenvalue weighted by atomic mass is 9.86. The minimum absolute atomic E-state index is 0.0689. The van der Waals surface area contributed by atoms with Gasteiger partial charge in [0.25, 0.3) is 5.91 Å². The molecule has 2 aliphatic heterocycles. The number of carbonyl (C=O) groups is 1. The second-order valence-electron chi connectivity index (χ2n) is 9.66. The van der Waals surface area contributed by atoms with E-state index in [0.717, 1.165) is 11.3 Å². The van der Waals surface area contributed by atoms with E-state index in [2.05, 4.69) is 0 Å². The van der Waals surface area contributed by atoms with E-state index in [4.69, 9.17) is 4.74 Å². The first-order valence-corrected chi connectivity index (χ1v) is 13.2. The van der Waals surface area contributed by atoms with Gasteiger partial charge in [0, 0.05) is 37.8 Å². The van der Waals surface area contributed by atoms with Gasteiger partial charge in [0.2, 0.25) is 0 Å². The number of amides is 1. The fraction of sp³-hybridized carbons (Fsp3) is 0.346. The van der Waals surface area contributed by atoms with Crippen molar-refractivity contribution in [2.45, 2.75) is 42.9 Å². The molecule has 0 saturated carbocycles. The van der Waals surface area contributed by atoms with E-state index in [-0.39, 0.29) is 10.9 Å². The monoisotopic (exact) mass is 480 g/mol. The van der Waals surface area contributed by atoms with Crippen molar-refractivity contribution in [1.82, 2.24) is 9.47 Å². The van der Waals surface area contributed by atoms with Gasteiger partial charge in [0.15, 0.2) is 15.4 Å². The zero-order valence-corrected chi connectivity index (χ0v) is 20.3. The van der Waals surface area contributed by atoms with Crippen molar-refractivity contribution in [3.63, 3.8) is 0 Å². The Hall–Kier alpha value is -3.10. The fourth-order valence-electron chi connectivity index (χ4n) is 4.93. The molecule has 1 saturated heterocycles. The number of likely N-dealkylation sites (tertiary alicyclic amines) is 1. The number of aromatic nitrogens is 1. The third-order valence-corrected chi connectivity index (χ3v) is 7.88. The van der Waals surface area contributed by atoms with Gasteiger partial charge in [-0.05, 0) is 55.8 Å². The van der Waals surface area contributed by atoms with Gasteiger partial charge in [-0.15, -0.1) is 0 Å². The normalized spacial score (nSPS) is 17.1. The molecule has 1 fully saturated rings. The maximum atomic E-state index is 13.1. The smallest absolute Gasteiger partial charge is 0.253 e. The molecule has 8 heteroatoms. The lowest BCUT2D eigenvalue weighted by molar-refractivity contribution is -0.00995. The zero-order valence-electron chi connectivity index (χ0n) is 19.5. The minimum atomic E-state index is -3.45. The minimum Gasteiger partial charge on any atom is -0.479 e. The number of carbonyl (C=O) groups excluding carboxylic acids is 1. The number of rotatable bonds is 3. The highest BCUT2D eigenvalue weighted by Gasteiger charge is 2.46. The van der Waals surface area contributed by atoms with Crippen molar-refractivity contribution in [3.8, 4) is 11.4 Å². The molecule has 3 aromatic rings. The largest absolute Gasteiger partial charge is 0.479 e. The molecule has 5 rings (SSSR count). The van der Waals surface area contributed by atoms with Gasteiger partial charge < -0.3 is 14.7 Å². The number of hydrogen-bond donors (Lipinski definition) is 1. The number of piperidine rings is 1. The highest BCUT2D eigenvalue weighted by Crippen LogP contribution is 2.46. The van der Waals surface area contributed by atoms with Crippen LogP contribution in [0, 0.1) is 0 Å². The second kappa shape index (κ2) is 7.71. The van der Waals surface area contributed by atoms with Crippen LogP contribution in [0.2, 0.25) is 0 Å². The van der Waals surface area contributed by atoms with Crippen LogP contribution in [0.25, 0.3) is 5.69 Å². The Labute approximate surface area is 199 Å². The third kappa shape index (κ3) is 3.71. The first-order valence-electron chi connectivity index (χ1n) is 11.3. The van der Waals surface area contributed by atoms with E-state index >= 15 is 0 Å². The first kappa shape index (κ1) is 22.7. The molecular formula is C26H28N2O5S. The van der Waals surface area contributed by atoms with Gasteiger partial charge in [-0.2, -0.15) is 0 Å². The Balaban J connectivity index is 1.43. The van der Waals surface area contributed by atoms with E-state index in [1.807, 2.05) is 30.3 Å². The molecule has 0 unspecified atom stereocenters. The van der Waals surface area contributed by atoms with E-state index in [1.54, 1.807) is 53.6 Å². The second-order valence-corrected chi connectivity index (χ2v) is 11.6. The molecule has 0 radical (unpaired) electrons. The quantitative estimate of drug-likeness (QED) is 0.618. The van der Waals surface area contributed by atoms with Crippen LogP contribution >= 0.6 is 0 Å². The summed E-state index contributed by atoms with van der Waals surface area (Å²) in [5, 5.41) is 10.4. The third-order valence-electron chi connectivity index (χ3n) is 6.80. The Morgan fingerprint density at radius 2 is 1.65 bits per heavy atom. The van der Waals surface area contributed by atoms with Gasteiger partial charge >= 0.3 is 0 Å². The lowest BCUT2D eigenvalue weighted by Gasteiger charge is -2.45. The number of ether oxygens (including phenoxy) is 1. The van der Waals surface area contributed by atoms with E-state index in [1.165, 1.54) is 6.26 Å². The van der Waals surface area contributed by atoms with Crippen molar-refractivity contribution in [2.75, 3.05) is 19.3 Å². The molecule has 2 aromatic carbocycles. The standard InChI is InChI=1S/C26H28N2O5S/c1-25(2,30)19-10-8-18(9-11-19)24(29)27-16-14-26(15-17-27)22-12-13-23(34(3,31)32)28(22)20-6-4-5-7-21(20)33-26/h4-13,30H,14-17H2,1-3H3. The summed E-state index contributed by atoms with van der Waals surface area (Å²) in [6.07, 6.45) is 2.30. The average molecular weight is 481 g/mol. The van der Waals surface area contributed by atoms with Crippen LogP contribution in [0.4, 0.5) is 0 Å². The summed E-state index contributed by atoms with van der Waals surface area (Å²) in [5.74, 6) is 0.568. The summed E-state index contributed by atoms with van der Waals surface area (Å²) >= 11 is 0. The predicted molar refractivity (Wildman–Crippen MR) is 128 cm³/mol. The molecule has 1 amide bonds. The van der Waals surface area contributed by atoms with E-state index < -0.39 is 21.0 Å². The number of aliphatic hydroxyl groups is 1. The van der Waals surface area contributed by atoms with Crippen LogP contribution in [0.5, 0.6) is 5.75 Å². The first-order chi connectivity index (χ1) is 16.0. The Morgan fingerprint density at radius 1 is 1.00 bits per heavy atom. The fourth-order valence-corrected chi connectivity index (χ4v) is 5.78. The molecule has 0 bridgehead atoms. The highest BCUT2D eigenvalue weighted by molar-refractivity contribution is 7.90. The summed E-state index contributed by atoms with van der Waals surface area (Å²) in [5.41, 5.74) is 1.15. The van der Waals surface area contributed by atoms with Crippen molar-refractivity contribution in [1.29, 1.82) is 0 Å². The number of benzene rings is 2. The van der Waals surface area contributed by atoms with Crippen molar-refractivity contribution < 1.29 is 23.1 Å². The molecule has 178 valence electrons. The molecular weight excluding hydrogens is 452 g/mol. The molecule has 7 nitrogen and oxygen atoms in total. The van der Waals surface area contributed by atoms with Crippen LogP contribution in [0.15, 0.2) is 65.7 Å². The molecule has 0 atom stereocenters. The summed E-state index contributed by atoms with van der Waals surface area (Å²) in [4.78, 5) is 15.0. The predicted octanol–water partition coefficient (Wildman–Crippen LogP) is 3.63. The topological polar surface area (TPSA) is 88.8 Å². The number of hydrogen-bond acceptors (Lipinski definition) is 5. The maximum Gasteiger partial charge on any atom is 0.253 e. The van der Waals surface area contributed by atoms with Gasteiger partial charge in [-0.3, -0.25) is 9.36 Å². The molecule has 3 heterocycles. The number of sulfone groups is 1. The number of fused-ring (bicyclic) bond motifs is 4. The maximum absolute atomic E-state index is 13.1. The van der Waals surface area contributed by atoms with Crippen molar-refractivity contribution in [2.24, 2.45) is 0 Å².